The number of benzene rings is 1. The van der Waals surface area contributed by atoms with Crippen molar-refractivity contribution in [3.8, 4) is 0 Å². The van der Waals surface area contributed by atoms with E-state index in [0.717, 1.165) is 22.4 Å². The normalized spacial score (nSPS) is 15.5. The van der Waals surface area contributed by atoms with Gasteiger partial charge in [-0.3, -0.25) is 9.59 Å². The zero-order chi connectivity index (χ0) is 23.7. The maximum Gasteiger partial charge on any atom is 0.260 e. The average Bonchev–Trinajstić information content (AvgIpc) is 3.51. The molecule has 1 aromatic carbocycles. The molecule has 34 heavy (non-hydrogen) atoms. The van der Waals surface area contributed by atoms with Crippen LogP contribution >= 0.6 is 11.3 Å². The number of rotatable bonds is 6. The predicted molar refractivity (Wildman–Crippen MR) is 127 cm³/mol. The van der Waals surface area contributed by atoms with Crippen LogP contribution in [0.5, 0.6) is 0 Å². The molecule has 0 aliphatic carbocycles. The predicted octanol–water partition coefficient (Wildman–Crippen LogP) is 2.14. The van der Waals surface area contributed by atoms with E-state index in [9.17, 15) is 18.0 Å². The van der Waals surface area contributed by atoms with Crippen molar-refractivity contribution in [3.05, 3.63) is 75.5 Å². The van der Waals surface area contributed by atoms with Crippen molar-refractivity contribution in [1.29, 1.82) is 0 Å². The van der Waals surface area contributed by atoms with Gasteiger partial charge in [0.15, 0.2) is 0 Å². The first-order valence-electron chi connectivity index (χ1n) is 10.8. The Bertz CT molecular complexity index is 1500. The summed E-state index contributed by atoms with van der Waals surface area (Å²) in [6, 6.07) is 14.1. The number of aromatic amines is 1. The molecule has 176 valence electrons. The van der Waals surface area contributed by atoms with Crippen LogP contribution in [0.4, 0.5) is 0 Å². The van der Waals surface area contributed by atoms with E-state index >= 15 is 0 Å². The summed E-state index contributed by atoms with van der Waals surface area (Å²) >= 11 is 1.12. The number of H-pyrrole nitrogens is 1. The molecule has 5 rings (SSSR count). The van der Waals surface area contributed by atoms with Gasteiger partial charge in [0, 0.05) is 24.2 Å². The van der Waals surface area contributed by atoms with Crippen LogP contribution in [0.15, 0.2) is 63.7 Å². The lowest BCUT2D eigenvalue weighted by atomic mass is 10.1. The fourth-order valence-electron chi connectivity index (χ4n) is 4.07. The lowest BCUT2D eigenvalue weighted by Gasteiger charge is -2.30. The van der Waals surface area contributed by atoms with Gasteiger partial charge >= 0.3 is 0 Å². The highest BCUT2D eigenvalue weighted by Gasteiger charge is 2.32. The molecule has 1 saturated heterocycles. The van der Waals surface area contributed by atoms with Gasteiger partial charge in [0.1, 0.15) is 15.3 Å². The van der Waals surface area contributed by atoms with Gasteiger partial charge in [-0.2, -0.15) is 4.31 Å². The van der Waals surface area contributed by atoms with Crippen LogP contribution in [0, 0.1) is 0 Å². The Morgan fingerprint density at radius 3 is 2.71 bits per heavy atom. The molecule has 0 saturated carbocycles. The van der Waals surface area contributed by atoms with Crippen LogP contribution < -0.4 is 10.9 Å². The number of nitrogens with one attached hydrogen (secondary N) is 2. The minimum absolute atomic E-state index is 0.00920. The van der Waals surface area contributed by atoms with E-state index in [2.05, 4.69) is 20.6 Å². The van der Waals surface area contributed by atoms with Crippen LogP contribution in [0.3, 0.4) is 0 Å². The molecule has 4 aromatic rings. The Kier molecular flexibility index (Phi) is 6.02. The number of fused-ring (bicyclic) bond motifs is 1. The number of para-hydroxylation sites is 1. The first kappa shape index (κ1) is 22.4. The van der Waals surface area contributed by atoms with Crippen molar-refractivity contribution in [1.82, 2.24) is 29.6 Å². The lowest BCUT2D eigenvalue weighted by molar-refractivity contribution is 0.0949. The number of carbonyl (C=O) groups excluding carboxylic acids is 1. The zero-order valence-electron chi connectivity index (χ0n) is 18.0. The number of nitrogens with zero attached hydrogens (tertiary/aromatic N) is 4. The standard InChI is InChI=1S/C22H22N6O4S2/c29-21-17(4-3-11-23-21)22(30)24-14-16-7-8-20(33-16)34(31,32)27-12-9-15(10-13-27)28-19-6-2-1-5-18(19)25-26-28/h1-8,11,15H,9-10,12-14H2,(H,23,29)(H,24,30). The largest absolute Gasteiger partial charge is 0.347 e. The van der Waals surface area contributed by atoms with Crippen molar-refractivity contribution < 1.29 is 13.2 Å². The number of carbonyl (C=O) groups is 1. The van der Waals surface area contributed by atoms with E-state index in [1.54, 1.807) is 18.2 Å². The number of pyridine rings is 1. The fourth-order valence-corrected chi connectivity index (χ4v) is 6.99. The third kappa shape index (κ3) is 4.27. The molecule has 0 spiro atoms. The zero-order valence-corrected chi connectivity index (χ0v) is 19.7. The molecule has 0 unspecified atom stereocenters. The van der Waals surface area contributed by atoms with E-state index in [-0.39, 0.29) is 22.4 Å². The Balaban J connectivity index is 1.22. The monoisotopic (exact) mass is 498 g/mol. The molecule has 1 aliphatic rings. The van der Waals surface area contributed by atoms with Crippen LogP contribution in [-0.4, -0.2) is 51.7 Å². The topological polar surface area (TPSA) is 130 Å². The second-order valence-electron chi connectivity index (χ2n) is 7.97. The summed E-state index contributed by atoms with van der Waals surface area (Å²) in [4.78, 5) is 27.1. The highest BCUT2D eigenvalue weighted by Crippen LogP contribution is 2.31. The van der Waals surface area contributed by atoms with E-state index < -0.39 is 21.5 Å². The van der Waals surface area contributed by atoms with Crippen molar-refractivity contribution in [3.63, 3.8) is 0 Å². The Morgan fingerprint density at radius 1 is 1.12 bits per heavy atom. The van der Waals surface area contributed by atoms with Crippen molar-refractivity contribution in [2.45, 2.75) is 29.6 Å². The first-order chi connectivity index (χ1) is 16.4. The van der Waals surface area contributed by atoms with E-state index in [0.29, 0.717) is 30.8 Å². The number of thiophene rings is 1. The van der Waals surface area contributed by atoms with E-state index in [1.807, 2.05) is 28.9 Å². The smallest absolute Gasteiger partial charge is 0.260 e. The Morgan fingerprint density at radius 2 is 1.91 bits per heavy atom. The molecule has 1 fully saturated rings. The molecule has 0 radical (unpaired) electrons. The molecule has 10 nitrogen and oxygen atoms in total. The molecule has 12 heteroatoms. The number of piperidine rings is 1. The van der Waals surface area contributed by atoms with Gasteiger partial charge in [-0.1, -0.05) is 17.3 Å². The molecule has 0 bridgehead atoms. The maximum atomic E-state index is 13.2. The molecule has 4 heterocycles. The van der Waals surface area contributed by atoms with Gasteiger partial charge < -0.3 is 10.3 Å². The van der Waals surface area contributed by atoms with Gasteiger partial charge in [0.2, 0.25) is 0 Å². The molecule has 1 amide bonds. The minimum atomic E-state index is -3.63. The Hall–Kier alpha value is -3.35. The quantitative estimate of drug-likeness (QED) is 0.419. The van der Waals surface area contributed by atoms with Crippen molar-refractivity contribution in [2.24, 2.45) is 0 Å². The second kappa shape index (κ2) is 9.12. The fraction of sp³-hybridized carbons (Fsp3) is 0.273. The molecular weight excluding hydrogens is 476 g/mol. The highest BCUT2D eigenvalue weighted by molar-refractivity contribution is 7.91. The number of sulfonamides is 1. The summed E-state index contributed by atoms with van der Waals surface area (Å²) in [5, 5.41) is 11.1. The van der Waals surface area contributed by atoms with Gasteiger partial charge in [-0.05, 0) is 49.2 Å². The SMILES string of the molecule is O=C(NCc1ccc(S(=O)(=O)N2CCC(n3nnc4ccccc43)CC2)s1)c1ccc[nH]c1=O. The molecular formula is C22H22N6O4S2. The van der Waals surface area contributed by atoms with Crippen molar-refractivity contribution >= 4 is 38.3 Å². The van der Waals surface area contributed by atoms with Gasteiger partial charge in [0.25, 0.3) is 21.5 Å². The summed E-state index contributed by atoms with van der Waals surface area (Å²) in [5.41, 5.74) is 1.31. The summed E-state index contributed by atoms with van der Waals surface area (Å²) in [6.07, 6.45) is 2.74. The van der Waals surface area contributed by atoms with Crippen molar-refractivity contribution in [2.75, 3.05) is 13.1 Å². The summed E-state index contributed by atoms with van der Waals surface area (Å²) in [5.74, 6) is -0.512. The number of aromatic nitrogens is 4. The summed E-state index contributed by atoms with van der Waals surface area (Å²) in [7, 11) is -3.63. The van der Waals surface area contributed by atoms with Gasteiger partial charge in [-0.25, -0.2) is 13.1 Å². The van der Waals surface area contributed by atoms with Gasteiger partial charge in [-0.15, -0.1) is 16.4 Å². The lowest BCUT2D eigenvalue weighted by Crippen LogP contribution is -2.38. The van der Waals surface area contributed by atoms with Gasteiger partial charge in [0.05, 0.1) is 18.1 Å². The number of hydrogen-bond donors (Lipinski definition) is 2. The van der Waals surface area contributed by atoms with Crippen LogP contribution in [0.25, 0.3) is 11.0 Å². The summed E-state index contributed by atoms with van der Waals surface area (Å²) in [6.45, 7) is 0.915. The Labute approximate surface area is 199 Å². The summed E-state index contributed by atoms with van der Waals surface area (Å²) < 4.78 is 30.0. The number of hydrogen-bond acceptors (Lipinski definition) is 7. The van der Waals surface area contributed by atoms with Crippen LogP contribution in [0.2, 0.25) is 0 Å². The van der Waals surface area contributed by atoms with Crippen LogP contribution in [-0.2, 0) is 16.6 Å². The van der Waals surface area contributed by atoms with E-state index in [1.165, 1.54) is 16.6 Å². The highest BCUT2D eigenvalue weighted by atomic mass is 32.2. The number of amides is 1. The minimum Gasteiger partial charge on any atom is -0.347 e. The first-order valence-corrected chi connectivity index (χ1v) is 13.0. The average molecular weight is 499 g/mol. The maximum absolute atomic E-state index is 13.2. The third-order valence-electron chi connectivity index (χ3n) is 5.86. The van der Waals surface area contributed by atoms with Crippen LogP contribution in [0.1, 0.15) is 34.1 Å². The third-order valence-corrected chi connectivity index (χ3v) is 9.32. The molecule has 0 atom stereocenters. The molecule has 2 N–H and O–H groups in total. The molecule has 1 aliphatic heterocycles. The molecule has 3 aromatic heterocycles. The van der Waals surface area contributed by atoms with E-state index in [4.69, 9.17) is 0 Å². The second-order valence-corrected chi connectivity index (χ2v) is 11.3.